The van der Waals surface area contributed by atoms with Crippen LogP contribution in [-0.4, -0.2) is 40.5 Å². The first-order valence-electron chi connectivity index (χ1n) is 4.23. The van der Waals surface area contributed by atoms with Crippen LogP contribution in [0.5, 0.6) is 0 Å². The largest absolute Gasteiger partial charge is 0.478 e. The number of thiophene rings is 1. The van der Waals surface area contributed by atoms with Crippen LogP contribution in [0.2, 0.25) is 0 Å². The Kier molecular flexibility index (Phi) is 3.99. The van der Waals surface area contributed by atoms with E-state index in [1.165, 1.54) is 11.4 Å². The molecule has 0 fully saturated rings. The molecular weight excluding hydrogens is 236 g/mol. The lowest BCUT2D eigenvalue weighted by atomic mass is 10.1. The van der Waals surface area contributed by atoms with Crippen LogP contribution in [-0.2, 0) is 9.53 Å². The van der Waals surface area contributed by atoms with E-state index in [0.717, 1.165) is 18.4 Å². The molecule has 16 heavy (non-hydrogen) atoms. The number of carbonyl (C=O) groups is 2. The van der Waals surface area contributed by atoms with Gasteiger partial charge in [0.15, 0.2) is 6.10 Å². The molecule has 1 aromatic rings. The van der Waals surface area contributed by atoms with Gasteiger partial charge in [0, 0.05) is 0 Å². The van der Waals surface area contributed by atoms with E-state index in [1.54, 1.807) is 0 Å². The molecule has 0 saturated heterocycles. The molecule has 3 N–H and O–H groups in total. The number of methoxy groups -OCH3 is 1. The molecule has 1 heterocycles. The summed E-state index contributed by atoms with van der Waals surface area (Å²) in [6.45, 7) is 0. The summed E-state index contributed by atoms with van der Waals surface area (Å²) in [5.74, 6) is -2.25. The van der Waals surface area contributed by atoms with Crippen molar-refractivity contribution in [2.24, 2.45) is 0 Å². The molecule has 0 saturated carbocycles. The van der Waals surface area contributed by atoms with Crippen molar-refractivity contribution >= 4 is 23.3 Å². The van der Waals surface area contributed by atoms with Crippen molar-refractivity contribution in [3.8, 4) is 0 Å². The number of hydrogen-bond acceptors (Lipinski definition) is 6. The molecule has 1 aromatic heterocycles. The number of esters is 1. The average molecular weight is 246 g/mol. The van der Waals surface area contributed by atoms with Crippen molar-refractivity contribution in [2.75, 3.05) is 7.11 Å². The Balaban J connectivity index is 2.96. The van der Waals surface area contributed by atoms with Crippen LogP contribution in [0.15, 0.2) is 11.4 Å². The number of rotatable bonds is 4. The van der Waals surface area contributed by atoms with E-state index >= 15 is 0 Å². The minimum Gasteiger partial charge on any atom is -0.478 e. The zero-order chi connectivity index (χ0) is 12.3. The number of carboxylic acids is 1. The van der Waals surface area contributed by atoms with Crippen molar-refractivity contribution in [3.63, 3.8) is 0 Å². The average Bonchev–Trinajstić information content (AvgIpc) is 2.74. The van der Waals surface area contributed by atoms with Gasteiger partial charge in [-0.25, -0.2) is 9.59 Å². The van der Waals surface area contributed by atoms with Gasteiger partial charge >= 0.3 is 11.9 Å². The quantitative estimate of drug-likeness (QED) is 0.647. The molecule has 0 amide bonds. The van der Waals surface area contributed by atoms with Gasteiger partial charge in [-0.1, -0.05) is 0 Å². The van der Waals surface area contributed by atoms with Crippen molar-refractivity contribution < 1.29 is 29.6 Å². The number of carbonyl (C=O) groups excluding carboxylic acids is 1. The van der Waals surface area contributed by atoms with Crippen LogP contribution in [0.1, 0.15) is 21.3 Å². The van der Waals surface area contributed by atoms with Crippen LogP contribution >= 0.6 is 11.3 Å². The fourth-order valence-electron chi connectivity index (χ4n) is 1.12. The maximum atomic E-state index is 11.0. The van der Waals surface area contributed by atoms with Gasteiger partial charge in [0.25, 0.3) is 0 Å². The number of ether oxygens (including phenoxy) is 1. The number of carboxylic acid groups (broad SMARTS) is 1. The van der Waals surface area contributed by atoms with E-state index < -0.39 is 24.1 Å². The predicted molar refractivity (Wildman–Crippen MR) is 54.3 cm³/mol. The lowest BCUT2D eigenvalue weighted by molar-refractivity contribution is -0.156. The smallest absolute Gasteiger partial charge is 0.337 e. The van der Waals surface area contributed by atoms with E-state index in [-0.39, 0.29) is 10.4 Å². The molecule has 6 nitrogen and oxygen atoms in total. The molecule has 0 aromatic carbocycles. The van der Waals surface area contributed by atoms with E-state index in [2.05, 4.69) is 4.74 Å². The Morgan fingerprint density at radius 2 is 2.06 bits per heavy atom. The van der Waals surface area contributed by atoms with Crippen LogP contribution < -0.4 is 0 Å². The number of aliphatic hydroxyl groups is 2. The maximum Gasteiger partial charge on any atom is 0.337 e. The third kappa shape index (κ3) is 2.38. The Labute approximate surface area is 94.7 Å². The lowest BCUT2D eigenvalue weighted by Crippen LogP contribution is -2.29. The first-order valence-corrected chi connectivity index (χ1v) is 5.11. The fraction of sp³-hybridized carbons (Fsp3) is 0.333. The van der Waals surface area contributed by atoms with Crippen LogP contribution in [0.3, 0.4) is 0 Å². The zero-order valence-corrected chi connectivity index (χ0v) is 9.10. The van der Waals surface area contributed by atoms with Crippen LogP contribution in [0.25, 0.3) is 0 Å². The third-order valence-corrected chi connectivity index (χ3v) is 2.92. The van der Waals surface area contributed by atoms with Gasteiger partial charge < -0.3 is 20.1 Å². The molecule has 0 radical (unpaired) electrons. The van der Waals surface area contributed by atoms with E-state index in [0.29, 0.717) is 0 Å². The molecule has 2 unspecified atom stereocenters. The zero-order valence-electron chi connectivity index (χ0n) is 8.28. The van der Waals surface area contributed by atoms with Gasteiger partial charge in [0.2, 0.25) is 0 Å². The van der Waals surface area contributed by atoms with Gasteiger partial charge in [-0.05, 0) is 11.4 Å². The van der Waals surface area contributed by atoms with Crippen molar-refractivity contribution in [1.82, 2.24) is 0 Å². The second-order valence-electron chi connectivity index (χ2n) is 2.92. The monoisotopic (exact) mass is 246 g/mol. The Morgan fingerprint density at radius 3 is 2.56 bits per heavy atom. The predicted octanol–water partition coefficient (Wildman–Crippen LogP) is 0.0136. The molecule has 0 aliphatic heterocycles. The van der Waals surface area contributed by atoms with Gasteiger partial charge in [-0.2, -0.15) is 0 Å². The fourth-order valence-corrected chi connectivity index (χ4v) is 2.02. The maximum absolute atomic E-state index is 11.0. The highest BCUT2D eigenvalue weighted by molar-refractivity contribution is 7.10. The minimum atomic E-state index is -1.79. The summed E-state index contributed by atoms with van der Waals surface area (Å²) in [6, 6.07) is 1.29. The normalized spacial score (nSPS) is 14.2. The highest BCUT2D eigenvalue weighted by Crippen LogP contribution is 2.27. The van der Waals surface area contributed by atoms with Crippen molar-refractivity contribution in [3.05, 3.63) is 21.9 Å². The Hall–Kier alpha value is -1.44. The first-order chi connectivity index (χ1) is 7.49. The SMILES string of the molecule is COC(=O)C(O)C(O)c1sccc1C(=O)O. The third-order valence-electron chi connectivity index (χ3n) is 1.94. The van der Waals surface area contributed by atoms with Gasteiger partial charge in [-0.15, -0.1) is 11.3 Å². The molecule has 88 valence electrons. The molecule has 0 bridgehead atoms. The van der Waals surface area contributed by atoms with E-state index in [1.807, 2.05) is 0 Å². The topological polar surface area (TPSA) is 104 Å². The molecule has 7 heteroatoms. The molecule has 0 spiro atoms. The van der Waals surface area contributed by atoms with Crippen LogP contribution in [0.4, 0.5) is 0 Å². The lowest BCUT2D eigenvalue weighted by Gasteiger charge is -2.14. The summed E-state index contributed by atoms with van der Waals surface area (Å²) in [6.07, 6.45) is -3.39. The van der Waals surface area contributed by atoms with E-state index in [9.17, 15) is 19.8 Å². The standard InChI is InChI=1S/C9H10O6S/c1-15-9(14)6(11)5(10)7-4(8(12)13)2-3-16-7/h2-3,5-6,10-11H,1H3,(H,12,13). The molecule has 1 rings (SSSR count). The molecular formula is C9H10O6S. The summed E-state index contributed by atoms with van der Waals surface area (Å²) < 4.78 is 4.24. The van der Waals surface area contributed by atoms with Gasteiger partial charge in [-0.3, -0.25) is 0 Å². The van der Waals surface area contributed by atoms with Crippen molar-refractivity contribution in [1.29, 1.82) is 0 Å². The summed E-state index contributed by atoms with van der Waals surface area (Å²) in [5.41, 5.74) is -0.138. The Morgan fingerprint density at radius 1 is 1.44 bits per heavy atom. The van der Waals surface area contributed by atoms with Gasteiger partial charge in [0.1, 0.15) is 6.10 Å². The summed E-state index contributed by atoms with van der Waals surface area (Å²) in [4.78, 5) is 21.7. The molecule has 0 aliphatic rings. The summed E-state index contributed by atoms with van der Waals surface area (Å²) in [7, 11) is 1.06. The summed E-state index contributed by atoms with van der Waals surface area (Å²) >= 11 is 0.944. The Bertz CT molecular complexity index is 398. The number of aliphatic hydroxyl groups excluding tert-OH is 2. The highest BCUT2D eigenvalue weighted by atomic mass is 32.1. The van der Waals surface area contributed by atoms with Crippen molar-refractivity contribution in [2.45, 2.75) is 12.2 Å². The highest BCUT2D eigenvalue weighted by Gasteiger charge is 2.30. The number of hydrogen-bond donors (Lipinski definition) is 3. The first kappa shape index (κ1) is 12.6. The minimum absolute atomic E-state index is 0.0189. The van der Waals surface area contributed by atoms with E-state index in [4.69, 9.17) is 5.11 Å². The van der Waals surface area contributed by atoms with Crippen LogP contribution in [0, 0.1) is 0 Å². The van der Waals surface area contributed by atoms with Gasteiger partial charge in [0.05, 0.1) is 17.6 Å². The molecule has 0 aliphatic carbocycles. The second kappa shape index (κ2) is 5.06. The summed E-state index contributed by atoms with van der Waals surface area (Å²) in [5, 5.41) is 29.2. The second-order valence-corrected chi connectivity index (χ2v) is 3.86. The molecule has 2 atom stereocenters. The number of aromatic carboxylic acids is 1.